The van der Waals surface area contributed by atoms with Crippen molar-refractivity contribution in [1.82, 2.24) is 5.32 Å². The zero-order chi connectivity index (χ0) is 11.2. The summed E-state index contributed by atoms with van der Waals surface area (Å²) in [6.07, 6.45) is -2.26. The number of hydrogen-bond donors (Lipinski definition) is 1. The minimum absolute atomic E-state index is 0.102. The summed E-state index contributed by atoms with van der Waals surface area (Å²) in [5.74, 6) is 0. The van der Waals surface area contributed by atoms with Crippen LogP contribution in [0.5, 0.6) is 0 Å². The van der Waals surface area contributed by atoms with Gasteiger partial charge in [0.25, 0.3) is 0 Å². The molecule has 0 rings (SSSR count). The fourth-order valence-corrected chi connectivity index (χ4v) is 1.21. The predicted octanol–water partition coefficient (Wildman–Crippen LogP) is 3.27. The van der Waals surface area contributed by atoms with Gasteiger partial charge in [0.05, 0.1) is 0 Å². The molecule has 0 radical (unpaired) electrons. The molecule has 0 aliphatic carbocycles. The summed E-state index contributed by atoms with van der Waals surface area (Å²) in [6, 6.07) is 0.251. The Morgan fingerprint density at radius 2 is 1.93 bits per heavy atom. The lowest BCUT2D eigenvalue weighted by molar-refractivity contribution is -0.135. The van der Waals surface area contributed by atoms with Crippen molar-refractivity contribution < 1.29 is 13.2 Å². The van der Waals surface area contributed by atoms with E-state index in [-0.39, 0.29) is 18.5 Å². The summed E-state index contributed by atoms with van der Waals surface area (Å²) in [7, 11) is 0. The molecule has 4 heteroatoms. The molecule has 2 atom stereocenters. The van der Waals surface area contributed by atoms with Crippen LogP contribution in [0.25, 0.3) is 0 Å². The summed E-state index contributed by atoms with van der Waals surface area (Å²) >= 11 is 0. The van der Waals surface area contributed by atoms with Crippen molar-refractivity contribution in [3.05, 3.63) is 12.7 Å². The van der Waals surface area contributed by atoms with Crippen LogP contribution in [0, 0.1) is 0 Å². The zero-order valence-electron chi connectivity index (χ0n) is 8.69. The SMILES string of the molecule is C=CC(C)NC(C)CCCC(F)(F)F. The average molecular weight is 209 g/mol. The lowest BCUT2D eigenvalue weighted by Crippen LogP contribution is -2.33. The van der Waals surface area contributed by atoms with Crippen molar-refractivity contribution in [3.8, 4) is 0 Å². The van der Waals surface area contributed by atoms with E-state index >= 15 is 0 Å². The third-order valence-corrected chi connectivity index (χ3v) is 2.00. The highest BCUT2D eigenvalue weighted by atomic mass is 19.4. The molecule has 0 saturated carbocycles. The van der Waals surface area contributed by atoms with Crippen LogP contribution < -0.4 is 5.32 Å². The smallest absolute Gasteiger partial charge is 0.308 e. The Kier molecular flexibility index (Phi) is 5.84. The molecule has 0 bridgehead atoms. The number of hydrogen-bond acceptors (Lipinski definition) is 1. The topological polar surface area (TPSA) is 12.0 Å². The molecular weight excluding hydrogens is 191 g/mol. The third kappa shape index (κ3) is 8.10. The number of halogens is 3. The molecule has 1 N–H and O–H groups in total. The fourth-order valence-electron chi connectivity index (χ4n) is 1.21. The van der Waals surface area contributed by atoms with E-state index < -0.39 is 12.6 Å². The number of rotatable bonds is 6. The van der Waals surface area contributed by atoms with Crippen LogP contribution in [0.3, 0.4) is 0 Å². The van der Waals surface area contributed by atoms with Crippen LogP contribution in [0.15, 0.2) is 12.7 Å². The van der Waals surface area contributed by atoms with Crippen LogP contribution in [0.4, 0.5) is 13.2 Å². The van der Waals surface area contributed by atoms with Gasteiger partial charge in [0.1, 0.15) is 0 Å². The van der Waals surface area contributed by atoms with Crippen LogP contribution in [0.1, 0.15) is 33.1 Å². The highest BCUT2D eigenvalue weighted by Gasteiger charge is 2.26. The molecule has 2 unspecified atom stereocenters. The van der Waals surface area contributed by atoms with Gasteiger partial charge in [0.2, 0.25) is 0 Å². The molecule has 0 fully saturated rings. The maximum absolute atomic E-state index is 11.8. The van der Waals surface area contributed by atoms with E-state index in [2.05, 4.69) is 11.9 Å². The lowest BCUT2D eigenvalue weighted by Gasteiger charge is -2.17. The molecule has 0 spiro atoms. The van der Waals surface area contributed by atoms with Gasteiger partial charge in [0, 0.05) is 18.5 Å². The maximum atomic E-state index is 11.8. The van der Waals surface area contributed by atoms with E-state index in [0.717, 1.165) is 0 Å². The van der Waals surface area contributed by atoms with Gasteiger partial charge in [-0.1, -0.05) is 6.08 Å². The second-order valence-corrected chi connectivity index (χ2v) is 3.60. The molecule has 0 aliphatic heterocycles. The maximum Gasteiger partial charge on any atom is 0.389 e. The van der Waals surface area contributed by atoms with Crippen molar-refractivity contribution in [1.29, 1.82) is 0 Å². The quantitative estimate of drug-likeness (QED) is 0.662. The van der Waals surface area contributed by atoms with Crippen molar-refractivity contribution in [2.75, 3.05) is 0 Å². The Morgan fingerprint density at radius 1 is 1.36 bits per heavy atom. The van der Waals surface area contributed by atoms with Crippen LogP contribution in [-0.2, 0) is 0 Å². The molecule has 0 aromatic rings. The molecule has 0 heterocycles. The Morgan fingerprint density at radius 3 is 2.36 bits per heavy atom. The molecule has 1 nitrogen and oxygen atoms in total. The van der Waals surface area contributed by atoms with Crippen LogP contribution in [-0.4, -0.2) is 18.3 Å². The summed E-state index contributed by atoms with van der Waals surface area (Å²) in [5, 5.41) is 3.13. The lowest BCUT2D eigenvalue weighted by atomic mass is 10.1. The van der Waals surface area contributed by atoms with E-state index in [1.165, 1.54) is 0 Å². The first kappa shape index (κ1) is 13.5. The van der Waals surface area contributed by atoms with Gasteiger partial charge in [-0.3, -0.25) is 0 Å². The Balaban J connectivity index is 3.54. The molecule has 0 saturated heterocycles. The van der Waals surface area contributed by atoms with Gasteiger partial charge in [-0.2, -0.15) is 13.2 Å². The van der Waals surface area contributed by atoms with Crippen molar-refractivity contribution in [2.45, 2.75) is 51.4 Å². The van der Waals surface area contributed by atoms with Crippen molar-refractivity contribution >= 4 is 0 Å². The molecule has 0 amide bonds. The van der Waals surface area contributed by atoms with Crippen LogP contribution in [0.2, 0.25) is 0 Å². The fraction of sp³-hybridized carbons (Fsp3) is 0.800. The molecule has 0 aromatic heterocycles. The van der Waals surface area contributed by atoms with Crippen LogP contribution >= 0.6 is 0 Å². The monoisotopic (exact) mass is 209 g/mol. The van der Waals surface area contributed by atoms with E-state index in [1.807, 2.05) is 13.8 Å². The summed E-state index contributed by atoms with van der Waals surface area (Å²) in [4.78, 5) is 0. The second kappa shape index (κ2) is 6.06. The summed E-state index contributed by atoms with van der Waals surface area (Å²) in [5.41, 5.74) is 0. The zero-order valence-corrected chi connectivity index (χ0v) is 8.69. The first-order valence-corrected chi connectivity index (χ1v) is 4.80. The largest absolute Gasteiger partial charge is 0.389 e. The number of nitrogens with one attached hydrogen (secondary N) is 1. The minimum Gasteiger partial charge on any atom is -0.308 e. The van der Waals surface area contributed by atoms with Gasteiger partial charge in [-0.25, -0.2) is 0 Å². The molecule has 84 valence electrons. The van der Waals surface area contributed by atoms with E-state index in [0.29, 0.717) is 6.42 Å². The van der Waals surface area contributed by atoms with Gasteiger partial charge in [-0.15, -0.1) is 6.58 Å². The first-order valence-electron chi connectivity index (χ1n) is 4.80. The highest BCUT2D eigenvalue weighted by molar-refractivity contribution is 4.83. The highest BCUT2D eigenvalue weighted by Crippen LogP contribution is 2.22. The Hall–Kier alpha value is -0.510. The van der Waals surface area contributed by atoms with E-state index in [1.54, 1.807) is 6.08 Å². The summed E-state index contributed by atoms with van der Waals surface area (Å²) in [6.45, 7) is 7.40. The van der Waals surface area contributed by atoms with Gasteiger partial charge in [0.15, 0.2) is 0 Å². The van der Waals surface area contributed by atoms with E-state index in [4.69, 9.17) is 0 Å². The third-order valence-electron chi connectivity index (χ3n) is 2.00. The van der Waals surface area contributed by atoms with Gasteiger partial charge in [-0.05, 0) is 26.7 Å². The number of alkyl halides is 3. The van der Waals surface area contributed by atoms with Crippen molar-refractivity contribution in [3.63, 3.8) is 0 Å². The van der Waals surface area contributed by atoms with Crippen molar-refractivity contribution in [2.24, 2.45) is 0 Å². The Bertz CT molecular complexity index is 165. The van der Waals surface area contributed by atoms with Gasteiger partial charge < -0.3 is 5.32 Å². The normalized spacial score (nSPS) is 16.4. The van der Waals surface area contributed by atoms with E-state index in [9.17, 15) is 13.2 Å². The average Bonchev–Trinajstić information content (AvgIpc) is 2.01. The standard InChI is InChI=1S/C10H18F3N/c1-4-8(2)14-9(3)6-5-7-10(11,12)13/h4,8-9,14H,1,5-7H2,2-3H3. The summed E-state index contributed by atoms with van der Waals surface area (Å²) < 4.78 is 35.4. The predicted molar refractivity (Wildman–Crippen MR) is 52.2 cm³/mol. The second-order valence-electron chi connectivity index (χ2n) is 3.60. The Labute approximate surface area is 83.4 Å². The first-order chi connectivity index (χ1) is 6.35. The molecule has 14 heavy (non-hydrogen) atoms. The molecule has 0 aliphatic rings. The molecular formula is C10H18F3N. The minimum atomic E-state index is -4.02. The van der Waals surface area contributed by atoms with Gasteiger partial charge >= 0.3 is 6.18 Å². The molecule has 0 aromatic carbocycles.